The number of aryl methyl sites for hydroxylation is 1. The fourth-order valence-electron chi connectivity index (χ4n) is 3.85. The average molecular weight is 420 g/mol. The molecular formula is C22H20N4O3S. The smallest absolute Gasteiger partial charge is 0.260 e. The number of para-hydroxylation sites is 2. The van der Waals surface area contributed by atoms with Crippen molar-refractivity contribution in [1.29, 1.82) is 0 Å². The number of carbonyl (C=O) groups excluding carboxylic acids is 1. The van der Waals surface area contributed by atoms with Crippen molar-refractivity contribution < 1.29 is 14.3 Å². The summed E-state index contributed by atoms with van der Waals surface area (Å²) in [5, 5.41) is 8.58. The number of methoxy groups -OCH3 is 2. The van der Waals surface area contributed by atoms with Crippen LogP contribution in [-0.4, -0.2) is 34.9 Å². The fourth-order valence-corrected chi connectivity index (χ4v) is 4.77. The Morgan fingerprint density at radius 2 is 1.97 bits per heavy atom. The maximum Gasteiger partial charge on any atom is 0.260 e. The number of fused-ring (bicyclic) bond motifs is 2. The summed E-state index contributed by atoms with van der Waals surface area (Å²) < 4.78 is 13.6. The third kappa shape index (κ3) is 3.00. The highest BCUT2D eigenvalue weighted by Gasteiger charge is 2.27. The minimum atomic E-state index is -0.275. The molecule has 0 saturated heterocycles. The monoisotopic (exact) mass is 420 g/mol. The van der Waals surface area contributed by atoms with Gasteiger partial charge >= 0.3 is 0 Å². The van der Waals surface area contributed by atoms with E-state index < -0.39 is 0 Å². The molecule has 5 rings (SSSR count). The summed E-state index contributed by atoms with van der Waals surface area (Å²) in [6.07, 6.45) is 2.81. The molecule has 2 aromatic carbocycles. The van der Waals surface area contributed by atoms with Gasteiger partial charge in [-0.3, -0.25) is 4.79 Å². The van der Waals surface area contributed by atoms with Crippen LogP contribution in [0.4, 0.5) is 5.82 Å². The number of amides is 1. The Morgan fingerprint density at radius 3 is 2.77 bits per heavy atom. The van der Waals surface area contributed by atoms with Gasteiger partial charge in [-0.25, -0.2) is 4.98 Å². The number of benzene rings is 2. The summed E-state index contributed by atoms with van der Waals surface area (Å²) in [5.74, 6) is 1.31. The van der Waals surface area contributed by atoms with Crippen LogP contribution in [-0.2, 0) is 12.8 Å². The van der Waals surface area contributed by atoms with E-state index in [0.717, 1.165) is 45.9 Å². The maximum atomic E-state index is 13.2. The molecule has 0 radical (unpaired) electrons. The second-order valence-electron chi connectivity index (χ2n) is 7.00. The topological polar surface area (TPSA) is 78.3 Å². The number of anilines is 1. The fraction of sp³-hybridized carbons (Fsp3) is 0.227. The van der Waals surface area contributed by atoms with E-state index in [9.17, 15) is 4.79 Å². The van der Waals surface area contributed by atoms with Crippen LogP contribution in [0.2, 0.25) is 0 Å². The van der Waals surface area contributed by atoms with E-state index in [1.54, 1.807) is 41.3 Å². The van der Waals surface area contributed by atoms with Gasteiger partial charge < -0.3 is 14.8 Å². The van der Waals surface area contributed by atoms with Crippen molar-refractivity contribution in [2.75, 3.05) is 19.5 Å². The molecule has 2 aromatic heterocycles. The Morgan fingerprint density at radius 1 is 1.10 bits per heavy atom. The van der Waals surface area contributed by atoms with Gasteiger partial charge in [-0.05, 0) is 43.5 Å². The van der Waals surface area contributed by atoms with Gasteiger partial charge in [0.2, 0.25) is 5.13 Å². The van der Waals surface area contributed by atoms with E-state index in [1.165, 1.54) is 7.11 Å². The summed E-state index contributed by atoms with van der Waals surface area (Å²) in [6.45, 7) is 0. The molecule has 1 aliphatic carbocycles. The first-order valence-corrected chi connectivity index (χ1v) is 10.5. The number of carbonyl (C=O) groups is 1. The summed E-state index contributed by atoms with van der Waals surface area (Å²) in [5.41, 5.74) is 3.41. The maximum absolute atomic E-state index is 13.2. The number of thiazole rings is 1. The Labute approximate surface area is 177 Å². The van der Waals surface area contributed by atoms with Gasteiger partial charge in [0.15, 0.2) is 11.5 Å². The number of aromatic nitrogens is 3. The zero-order valence-electron chi connectivity index (χ0n) is 16.6. The number of hydrogen-bond donors (Lipinski definition) is 1. The van der Waals surface area contributed by atoms with Crippen LogP contribution in [0, 0.1) is 0 Å². The molecule has 152 valence electrons. The number of rotatable bonds is 5. The third-order valence-corrected chi connectivity index (χ3v) is 6.26. The predicted octanol–water partition coefficient (Wildman–Crippen LogP) is 4.24. The minimum absolute atomic E-state index is 0.275. The van der Waals surface area contributed by atoms with Crippen LogP contribution in [0.3, 0.4) is 0 Å². The molecule has 1 aliphatic rings. The second-order valence-corrected chi connectivity index (χ2v) is 8.01. The van der Waals surface area contributed by atoms with Gasteiger partial charge in [0.25, 0.3) is 5.91 Å². The summed E-state index contributed by atoms with van der Waals surface area (Å²) >= 11 is 1.55. The van der Waals surface area contributed by atoms with Gasteiger partial charge in [-0.15, -0.1) is 0 Å². The van der Waals surface area contributed by atoms with Crippen LogP contribution in [0.5, 0.6) is 11.5 Å². The van der Waals surface area contributed by atoms with E-state index in [-0.39, 0.29) is 5.91 Å². The molecule has 0 saturated carbocycles. The van der Waals surface area contributed by atoms with Crippen LogP contribution in [0.1, 0.15) is 28.0 Å². The Bertz CT molecular complexity index is 1230. The van der Waals surface area contributed by atoms with Crippen molar-refractivity contribution in [3.63, 3.8) is 0 Å². The number of ether oxygens (including phenoxy) is 2. The number of nitrogens with zero attached hydrogens (tertiary/aromatic N) is 3. The van der Waals surface area contributed by atoms with Crippen molar-refractivity contribution in [3.05, 3.63) is 59.3 Å². The van der Waals surface area contributed by atoms with E-state index in [2.05, 4.69) is 5.32 Å². The van der Waals surface area contributed by atoms with Crippen LogP contribution < -0.4 is 14.8 Å². The van der Waals surface area contributed by atoms with Gasteiger partial charge in [0, 0.05) is 5.56 Å². The lowest BCUT2D eigenvalue weighted by molar-refractivity contribution is 0.102. The minimum Gasteiger partial charge on any atom is -0.493 e. The molecule has 8 heteroatoms. The Hall–Kier alpha value is -3.39. The highest BCUT2D eigenvalue weighted by atomic mass is 32.1. The van der Waals surface area contributed by atoms with Gasteiger partial charge in [-0.1, -0.05) is 29.5 Å². The SMILES string of the molecule is COc1cccc(C(=O)Nc2c3c(nn2-c2nc4ccccc4s2)CCC3)c1OC. The standard InChI is InChI=1S/C22H20N4O3S/c1-28-17-11-6-8-14(19(17)29-2)21(27)24-20-13-7-5-10-15(13)25-26(20)22-23-16-9-3-4-12-18(16)30-22/h3-4,6,8-9,11-12H,5,7,10H2,1-2H3,(H,24,27). The van der Waals surface area contributed by atoms with Crippen molar-refractivity contribution in [2.24, 2.45) is 0 Å². The number of nitrogens with one attached hydrogen (secondary N) is 1. The normalized spacial score (nSPS) is 12.7. The highest BCUT2D eigenvalue weighted by Crippen LogP contribution is 2.35. The van der Waals surface area contributed by atoms with E-state index in [1.807, 2.05) is 24.3 Å². The molecule has 4 aromatic rings. The van der Waals surface area contributed by atoms with Crippen LogP contribution in [0.25, 0.3) is 15.3 Å². The molecule has 1 amide bonds. The molecule has 7 nitrogen and oxygen atoms in total. The van der Waals surface area contributed by atoms with Gasteiger partial charge in [0.05, 0.1) is 35.7 Å². The van der Waals surface area contributed by atoms with Crippen molar-refractivity contribution in [1.82, 2.24) is 14.8 Å². The molecule has 0 spiro atoms. The first kappa shape index (κ1) is 18.6. The number of hydrogen-bond acceptors (Lipinski definition) is 6. The summed E-state index contributed by atoms with van der Waals surface area (Å²) in [6, 6.07) is 13.2. The molecular weight excluding hydrogens is 400 g/mol. The quantitative estimate of drug-likeness (QED) is 0.522. The first-order chi connectivity index (χ1) is 14.7. The lowest BCUT2D eigenvalue weighted by atomic mass is 10.1. The molecule has 0 atom stereocenters. The lowest BCUT2D eigenvalue weighted by Gasteiger charge is -2.13. The average Bonchev–Trinajstić information content (AvgIpc) is 3.48. The van der Waals surface area contributed by atoms with Gasteiger partial charge in [-0.2, -0.15) is 9.78 Å². The van der Waals surface area contributed by atoms with Crippen LogP contribution >= 0.6 is 11.3 Å². The molecule has 30 heavy (non-hydrogen) atoms. The summed E-state index contributed by atoms with van der Waals surface area (Å²) in [4.78, 5) is 17.9. The van der Waals surface area contributed by atoms with Crippen LogP contribution in [0.15, 0.2) is 42.5 Å². The lowest BCUT2D eigenvalue weighted by Crippen LogP contribution is -2.17. The highest BCUT2D eigenvalue weighted by molar-refractivity contribution is 7.20. The largest absolute Gasteiger partial charge is 0.493 e. The first-order valence-electron chi connectivity index (χ1n) is 9.68. The van der Waals surface area contributed by atoms with E-state index in [0.29, 0.717) is 22.9 Å². The van der Waals surface area contributed by atoms with Gasteiger partial charge in [0.1, 0.15) is 5.82 Å². The molecule has 0 fully saturated rings. The molecule has 0 aliphatic heterocycles. The summed E-state index contributed by atoms with van der Waals surface area (Å²) in [7, 11) is 3.08. The Kier molecular flexibility index (Phi) is 4.63. The molecule has 2 heterocycles. The van der Waals surface area contributed by atoms with Crippen molar-refractivity contribution >= 4 is 33.3 Å². The molecule has 0 unspecified atom stereocenters. The zero-order chi connectivity index (χ0) is 20.7. The third-order valence-electron chi connectivity index (χ3n) is 5.25. The van der Waals surface area contributed by atoms with E-state index >= 15 is 0 Å². The predicted molar refractivity (Wildman–Crippen MR) is 116 cm³/mol. The second kappa shape index (κ2) is 7.46. The van der Waals surface area contributed by atoms with E-state index in [4.69, 9.17) is 19.6 Å². The molecule has 0 bridgehead atoms. The molecule has 1 N–H and O–H groups in total. The zero-order valence-corrected chi connectivity index (χ0v) is 17.5. The van der Waals surface area contributed by atoms with Crippen molar-refractivity contribution in [3.8, 4) is 16.6 Å². The van der Waals surface area contributed by atoms with Crippen molar-refractivity contribution in [2.45, 2.75) is 19.3 Å². The Balaban J connectivity index is 1.57.